The molecule has 0 aromatic heterocycles. The fourth-order valence-corrected chi connectivity index (χ4v) is 3.26. The van der Waals surface area contributed by atoms with E-state index in [0.717, 1.165) is 25.9 Å². The summed E-state index contributed by atoms with van der Waals surface area (Å²) in [5.74, 6) is -0.976. The Balaban J connectivity index is 1.92. The number of carbonyl (C=O) groups excluding carboxylic acids is 2. The van der Waals surface area contributed by atoms with Crippen molar-refractivity contribution in [2.45, 2.75) is 32.8 Å². The second-order valence-electron chi connectivity index (χ2n) is 6.61. The molecule has 2 aliphatic heterocycles. The molecule has 0 N–H and O–H groups in total. The third-order valence-electron chi connectivity index (χ3n) is 4.46. The first-order chi connectivity index (χ1) is 12.0. The van der Waals surface area contributed by atoms with Crippen LogP contribution in [0.2, 0.25) is 0 Å². The van der Waals surface area contributed by atoms with Crippen LogP contribution in [0.1, 0.15) is 32.3 Å². The van der Waals surface area contributed by atoms with Crippen LogP contribution in [0.15, 0.2) is 30.0 Å². The van der Waals surface area contributed by atoms with Crippen molar-refractivity contribution >= 4 is 17.4 Å². The molecule has 1 aromatic carbocycles. The number of rotatable bonds is 6. The summed E-state index contributed by atoms with van der Waals surface area (Å²) < 4.78 is 18.7. The number of imide groups is 1. The number of hydrogen-bond acceptors (Lipinski definition) is 4. The van der Waals surface area contributed by atoms with Crippen LogP contribution in [0.25, 0.3) is 5.57 Å². The van der Waals surface area contributed by atoms with Gasteiger partial charge in [-0.1, -0.05) is 12.1 Å². The van der Waals surface area contributed by atoms with Crippen molar-refractivity contribution in [3.8, 4) is 0 Å². The second-order valence-corrected chi connectivity index (χ2v) is 6.61. The van der Waals surface area contributed by atoms with Crippen LogP contribution in [0.5, 0.6) is 0 Å². The highest BCUT2D eigenvalue weighted by Crippen LogP contribution is 2.33. The summed E-state index contributed by atoms with van der Waals surface area (Å²) in [5, 5.41) is 0. The van der Waals surface area contributed by atoms with E-state index in [1.165, 1.54) is 17.0 Å². The Morgan fingerprint density at radius 3 is 2.32 bits per heavy atom. The SMILES string of the molecule is CC(C)OCCN1C(=O)C(c2ccc(F)cc2)=C(N2CCCC2)C1=O. The normalized spacial score (nSPS) is 18.2. The zero-order valence-electron chi connectivity index (χ0n) is 14.6. The van der Waals surface area contributed by atoms with Crippen molar-refractivity contribution in [3.63, 3.8) is 0 Å². The molecule has 0 radical (unpaired) electrons. The quantitative estimate of drug-likeness (QED) is 0.743. The molecule has 25 heavy (non-hydrogen) atoms. The number of amides is 2. The van der Waals surface area contributed by atoms with Gasteiger partial charge in [0.05, 0.1) is 24.8 Å². The minimum absolute atomic E-state index is 0.0374. The van der Waals surface area contributed by atoms with E-state index >= 15 is 0 Å². The highest BCUT2D eigenvalue weighted by atomic mass is 19.1. The van der Waals surface area contributed by atoms with E-state index in [-0.39, 0.29) is 30.3 Å². The monoisotopic (exact) mass is 346 g/mol. The fraction of sp³-hybridized carbons (Fsp3) is 0.474. The van der Waals surface area contributed by atoms with Gasteiger partial charge in [-0.2, -0.15) is 0 Å². The number of ether oxygens (including phenoxy) is 1. The Kier molecular flexibility index (Phi) is 5.18. The Labute approximate surface area is 147 Å². The molecule has 0 unspecified atom stereocenters. The van der Waals surface area contributed by atoms with Gasteiger partial charge in [-0.05, 0) is 44.4 Å². The van der Waals surface area contributed by atoms with Crippen molar-refractivity contribution in [1.29, 1.82) is 0 Å². The van der Waals surface area contributed by atoms with Gasteiger partial charge in [0.2, 0.25) is 0 Å². The van der Waals surface area contributed by atoms with Crippen LogP contribution >= 0.6 is 0 Å². The van der Waals surface area contributed by atoms with Gasteiger partial charge in [0.25, 0.3) is 11.8 Å². The Morgan fingerprint density at radius 2 is 1.72 bits per heavy atom. The molecule has 0 aliphatic carbocycles. The lowest BCUT2D eigenvalue weighted by Crippen LogP contribution is -2.37. The predicted octanol–water partition coefficient (Wildman–Crippen LogP) is 2.43. The standard InChI is InChI=1S/C19H23FN2O3/c1-13(2)25-12-11-22-18(23)16(14-5-7-15(20)8-6-14)17(19(22)24)21-9-3-4-10-21/h5-8,13H,3-4,9-12H2,1-2H3. The Morgan fingerprint density at radius 1 is 1.08 bits per heavy atom. The van der Waals surface area contributed by atoms with E-state index in [1.807, 2.05) is 18.7 Å². The van der Waals surface area contributed by atoms with Crippen molar-refractivity contribution in [1.82, 2.24) is 9.80 Å². The summed E-state index contributed by atoms with van der Waals surface area (Å²) >= 11 is 0. The predicted molar refractivity (Wildman–Crippen MR) is 91.9 cm³/mol. The lowest BCUT2D eigenvalue weighted by molar-refractivity contribution is -0.138. The average Bonchev–Trinajstić information content (AvgIpc) is 3.17. The molecular formula is C19H23FN2O3. The maximum atomic E-state index is 13.3. The highest BCUT2D eigenvalue weighted by Gasteiger charge is 2.41. The third kappa shape index (κ3) is 3.58. The van der Waals surface area contributed by atoms with Crippen LogP contribution < -0.4 is 0 Å². The van der Waals surface area contributed by atoms with E-state index in [2.05, 4.69) is 0 Å². The molecular weight excluding hydrogens is 323 g/mol. The van der Waals surface area contributed by atoms with Crippen LogP contribution in [-0.2, 0) is 14.3 Å². The Hall–Kier alpha value is -2.21. The van der Waals surface area contributed by atoms with Crippen molar-refractivity contribution in [3.05, 3.63) is 41.3 Å². The van der Waals surface area contributed by atoms with Gasteiger partial charge in [0.1, 0.15) is 11.5 Å². The van der Waals surface area contributed by atoms with Crippen LogP contribution in [0.4, 0.5) is 4.39 Å². The number of likely N-dealkylation sites (tertiary alicyclic amines) is 1. The molecule has 0 saturated carbocycles. The molecule has 2 heterocycles. The topological polar surface area (TPSA) is 49.9 Å². The zero-order valence-corrected chi connectivity index (χ0v) is 14.6. The van der Waals surface area contributed by atoms with Crippen molar-refractivity contribution in [2.24, 2.45) is 0 Å². The number of carbonyl (C=O) groups is 2. The molecule has 0 spiro atoms. The molecule has 1 fully saturated rings. The molecule has 5 nitrogen and oxygen atoms in total. The van der Waals surface area contributed by atoms with Gasteiger partial charge in [-0.25, -0.2) is 4.39 Å². The van der Waals surface area contributed by atoms with E-state index in [1.54, 1.807) is 12.1 Å². The molecule has 3 rings (SSSR count). The van der Waals surface area contributed by atoms with E-state index in [9.17, 15) is 14.0 Å². The molecule has 0 bridgehead atoms. The lowest BCUT2D eigenvalue weighted by atomic mass is 10.0. The Bertz CT molecular complexity index is 691. The highest BCUT2D eigenvalue weighted by molar-refractivity contribution is 6.35. The van der Waals surface area contributed by atoms with Gasteiger partial charge >= 0.3 is 0 Å². The molecule has 1 aromatic rings. The molecule has 1 saturated heterocycles. The van der Waals surface area contributed by atoms with E-state index in [4.69, 9.17) is 4.74 Å². The van der Waals surface area contributed by atoms with Gasteiger partial charge in [-0.3, -0.25) is 14.5 Å². The summed E-state index contributed by atoms with van der Waals surface area (Å²) in [5.41, 5.74) is 1.39. The number of hydrogen-bond donors (Lipinski definition) is 0. The minimum Gasteiger partial charge on any atom is -0.377 e. The van der Waals surface area contributed by atoms with E-state index < -0.39 is 0 Å². The van der Waals surface area contributed by atoms with E-state index in [0.29, 0.717) is 23.4 Å². The molecule has 134 valence electrons. The largest absolute Gasteiger partial charge is 0.377 e. The second kappa shape index (κ2) is 7.35. The summed E-state index contributed by atoms with van der Waals surface area (Å²) in [6, 6.07) is 5.73. The van der Waals surface area contributed by atoms with Gasteiger partial charge in [0.15, 0.2) is 0 Å². The summed E-state index contributed by atoms with van der Waals surface area (Å²) in [6.07, 6.45) is 2.03. The van der Waals surface area contributed by atoms with Gasteiger partial charge < -0.3 is 9.64 Å². The van der Waals surface area contributed by atoms with Crippen molar-refractivity contribution in [2.75, 3.05) is 26.2 Å². The van der Waals surface area contributed by atoms with Crippen LogP contribution in [0.3, 0.4) is 0 Å². The van der Waals surface area contributed by atoms with Gasteiger partial charge in [-0.15, -0.1) is 0 Å². The molecule has 0 atom stereocenters. The van der Waals surface area contributed by atoms with Crippen LogP contribution in [-0.4, -0.2) is 54.0 Å². The maximum absolute atomic E-state index is 13.3. The number of halogens is 1. The smallest absolute Gasteiger partial charge is 0.277 e. The van der Waals surface area contributed by atoms with Gasteiger partial charge in [0, 0.05) is 13.1 Å². The molecule has 2 aliphatic rings. The first kappa shape index (κ1) is 17.6. The summed E-state index contributed by atoms with van der Waals surface area (Å²) in [6.45, 7) is 5.86. The lowest BCUT2D eigenvalue weighted by Gasteiger charge is -2.20. The average molecular weight is 346 g/mol. The number of nitrogens with zero attached hydrogens (tertiary/aromatic N) is 2. The summed E-state index contributed by atoms with van der Waals surface area (Å²) in [7, 11) is 0. The maximum Gasteiger partial charge on any atom is 0.277 e. The first-order valence-electron chi connectivity index (χ1n) is 8.72. The fourth-order valence-electron chi connectivity index (χ4n) is 3.26. The van der Waals surface area contributed by atoms with Crippen molar-refractivity contribution < 1.29 is 18.7 Å². The van der Waals surface area contributed by atoms with Crippen LogP contribution in [0, 0.1) is 5.82 Å². The summed E-state index contributed by atoms with van der Waals surface area (Å²) in [4.78, 5) is 29.0. The minimum atomic E-state index is -0.369. The molecule has 2 amide bonds. The first-order valence-corrected chi connectivity index (χ1v) is 8.72. The third-order valence-corrected chi connectivity index (χ3v) is 4.46. The zero-order chi connectivity index (χ0) is 18.0. The number of benzene rings is 1. The molecule has 6 heteroatoms.